The van der Waals surface area contributed by atoms with Gasteiger partial charge in [-0.3, -0.25) is 4.90 Å². The van der Waals surface area contributed by atoms with Crippen LogP contribution in [0.2, 0.25) is 0 Å². The molecule has 0 unspecified atom stereocenters. The highest BCUT2D eigenvalue weighted by Gasteiger charge is 2.18. The average molecular weight is 286 g/mol. The van der Waals surface area contributed by atoms with E-state index in [0.29, 0.717) is 6.04 Å². The van der Waals surface area contributed by atoms with Gasteiger partial charge in [-0.2, -0.15) is 5.10 Å². The molecule has 3 rings (SSSR count). The van der Waals surface area contributed by atoms with Crippen LogP contribution in [-0.2, 0) is 11.8 Å². The summed E-state index contributed by atoms with van der Waals surface area (Å²) in [6, 6.07) is 9.08. The number of hydrogen-bond donors (Lipinski definition) is 0. The minimum atomic E-state index is 0.421. The largest absolute Gasteiger partial charge is 0.379 e. The molecule has 0 radical (unpaired) electrons. The molecule has 5 nitrogen and oxygen atoms in total. The zero-order valence-corrected chi connectivity index (χ0v) is 12.9. The van der Waals surface area contributed by atoms with Gasteiger partial charge in [-0.15, -0.1) is 0 Å². The Labute approximate surface area is 125 Å². The highest BCUT2D eigenvalue weighted by molar-refractivity contribution is 5.55. The molecule has 1 aromatic heterocycles. The van der Waals surface area contributed by atoms with Gasteiger partial charge >= 0.3 is 0 Å². The Hall–Kier alpha value is -1.72. The molecule has 21 heavy (non-hydrogen) atoms. The van der Waals surface area contributed by atoms with Crippen molar-refractivity contribution in [2.24, 2.45) is 7.05 Å². The molecule has 1 aromatic carbocycles. The van der Waals surface area contributed by atoms with E-state index in [1.807, 2.05) is 18.7 Å². The average Bonchev–Trinajstić information content (AvgIpc) is 2.86. The van der Waals surface area contributed by atoms with Gasteiger partial charge in [0, 0.05) is 31.7 Å². The maximum Gasteiger partial charge on any atom is 0.158 e. The van der Waals surface area contributed by atoms with Crippen LogP contribution in [0.25, 0.3) is 11.4 Å². The molecular weight excluding hydrogens is 264 g/mol. The van der Waals surface area contributed by atoms with Crippen molar-refractivity contribution in [3.8, 4) is 11.4 Å². The lowest BCUT2D eigenvalue weighted by Gasteiger charge is -2.32. The van der Waals surface area contributed by atoms with Gasteiger partial charge in [0.25, 0.3) is 0 Å². The SMILES string of the molecule is Cc1nc(-c2ccc([C@H](C)N3CCOCC3)cc2)n(C)n1. The monoisotopic (exact) mass is 286 g/mol. The number of benzene rings is 1. The molecule has 1 saturated heterocycles. The van der Waals surface area contributed by atoms with E-state index in [2.05, 4.69) is 46.2 Å². The summed E-state index contributed by atoms with van der Waals surface area (Å²) in [5, 5.41) is 4.30. The second-order valence-electron chi connectivity index (χ2n) is 5.55. The zero-order valence-electron chi connectivity index (χ0n) is 12.9. The van der Waals surface area contributed by atoms with E-state index >= 15 is 0 Å². The van der Waals surface area contributed by atoms with Crippen molar-refractivity contribution in [2.45, 2.75) is 19.9 Å². The summed E-state index contributed by atoms with van der Waals surface area (Å²) < 4.78 is 7.25. The van der Waals surface area contributed by atoms with Crippen molar-refractivity contribution in [1.29, 1.82) is 0 Å². The van der Waals surface area contributed by atoms with E-state index in [1.165, 1.54) is 5.56 Å². The second-order valence-corrected chi connectivity index (χ2v) is 5.55. The first-order valence-electron chi connectivity index (χ1n) is 7.45. The van der Waals surface area contributed by atoms with Crippen molar-refractivity contribution >= 4 is 0 Å². The van der Waals surface area contributed by atoms with Gasteiger partial charge in [-0.05, 0) is 19.4 Å². The van der Waals surface area contributed by atoms with Gasteiger partial charge in [0.15, 0.2) is 5.82 Å². The van der Waals surface area contributed by atoms with E-state index < -0.39 is 0 Å². The van der Waals surface area contributed by atoms with E-state index in [1.54, 1.807) is 0 Å². The standard InChI is InChI=1S/C16H22N4O/c1-12(20-8-10-21-11-9-20)14-4-6-15(7-5-14)16-17-13(2)18-19(16)3/h4-7,12H,8-11H2,1-3H3/t12-/m0/s1. The summed E-state index contributed by atoms with van der Waals surface area (Å²) in [7, 11) is 1.93. The molecule has 0 spiro atoms. The number of morpholine rings is 1. The summed E-state index contributed by atoms with van der Waals surface area (Å²) in [6.07, 6.45) is 0. The first-order chi connectivity index (χ1) is 10.1. The molecule has 0 N–H and O–H groups in total. The minimum Gasteiger partial charge on any atom is -0.379 e. The van der Waals surface area contributed by atoms with Gasteiger partial charge in [0.05, 0.1) is 13.2 Å². The maximum absolute atomic E-state index is 5.42. The smallest absolute Gasteiger partial charge is 0.158 e. The predicted octanol–water partition coefficient (Wildman–Crippen LogP) is 2.18. The molecule has 2 heterocycles. The topological polar surface area (TPSA) is 43.2 Å². The lowest BCUT2D eigenvalue weighted by molar-refractivity contribution is 0.0198. The summed E-state index contributed by atoms with van der Waals surface area (Å²) in [6.45, 7) is 7.85. The van der Waals surface area contributed by atoms with Crippen LogP contribution < -0.4 is 0 Å². The van der Waals surface area contributed by atoms with Crippen molar-refractivity contribution in [2.75, 3.05) is 26.3 Å². The van der Waals surface area contributed by atoms with Crippen LogP contribution in [0.1, 0.15) is 24.4 Å². The molecule has 1 atom stereocenters. The highest BCUT2D eigenvalue weighted by Crippen LogP contribution is 2.24. The molecule has 2 aromatic rings. The van der Waals surface area contributed by atoms with Crippen LogP contribution in [0.15, 0.2) is 24.3 Å². The summed E-state index contributed by atoms with van der Waals surface area (Å²) in [4.78, 5) is 6.93. The van der Waals surface area contributed by atoms with Gasteiger partial charge in [0.1, 0.15) is 5.82 Å². The fourth-order valence-electron chi connectivity index (χ4n) is 2.85. The third-order valence-electron chi connectivity index (χ3n) is 4.11. The molecule has 0 aliphatic carbocycles. The summed E-state index contributed by atoms with van der Waals surface area (Å²) in [5.74, 6) is 1.72. The van der Waals surface area contributed by atoms with Crippen molar-refractivity contribution < 1.29 is 4.74 Å². The van der Waals surface area contributed by atoms with E-state index in [4.69, 9.17) is 4.74 Å². The van der Waals surface area contributed by atoms with Crippen LogP contribution in [0, 0.1) is 6.92 Å². The second kappa shape index (κ2) is 5.95. The molecule has 0 saturated carbocycles. The Bertz CT molecular complexity index is 599. The Balaban J connectivity index is 1.78. The van der Waals surface area contributed by atoms with Gasteiger partial charge in [-0.25, -0.2) is 9.67 Å². The van der Waals surface area contributed by atoms with E-state index in [9.17, 15) is 0 Å². The number of aromatic nitrogens is 3. The fraction of sp³-hybridized carbons (Fsp3) is 0.500. The quantitative estimate of drug-likeness (QED) is 0.867. The van der Waals surface area contributed by atoms with Gasteiger partial charge < -0.3 is 4.74 Å². The number of rotatable bonds is 3. The third-order valence-corrected chi connectivity index (χ3v) is 4.11. The Morgan fingerprint density at radius 3 is 2.38 bits per heavy atom. The van der Waals surface area contributed by atoms with Crippen LogP contribution in [0.3, 0.4) is 0 Å². The third kappa shape index (κ3) is 2.99. The molecule has 1 aliphatic rings. The van der Waals surface area contributed by atoms with Gasteiger partial charge in [0.2, 0.25) is 0 Å². The summed E-state index contributed by atoms with van der Waals surface area (Å²) in [5.41, 5.74) is 2.44. The van der Waals surface area contributed by atoms with E-state index in [-0.39, 0.29) is 0 Å². The summed E-state index contributed by atoms with van der Waals surface area (Å²) >= 11 is 0. The Morgan fingerprint density at radius 1 is 1.14 bits per heavy atom. The molecular formula is C16H22N4O. The van der Waals surface area contributed by atoms with Crippen LogP contribution >= 0.6 is 0 Å². The first kappa shape index (κ1) is 14.2. The lowest BCUT2D eigenvalue weighted by atomic mass is 10.0. The van der Waals surface area contributed by atoms with Crippen LogP contribution in [0.5, 0.6) is 0 Å². The van der Waals surface area contributed by atoms with E-state index in [0.717, 1.165) is 43.5 Å². The normalized spacial score (nSPS) is 17.9. The first-order valence-corrected chi connectivity index (χ1v) is 7.45. The van der Waals surface area contributed by atoms with Crippen LogP contribution in [-0.4, -0.2) is 46.0 Å². The number of ether oxygens (including phenoxy) is 1. The molecule has 112 valence electrons. The highest BCUT2D eigenvalue weighted by atomic mass is 16.5. The number of hydrogen-bond acceptors (Lipinski definition) is 4. The van der Waals surface area contributed by atoms with Gasteiger partial charge in [-0.1, -0.05) is 24.3 Å². The van der Waals surface area contributed by atoms with Crippen LogP contribution in [0.4, 0.5) is 0 Å². The van der Waals surface area contributed by atoms with Crippen molar-refractivity contribution in [3.63, 3.8) is 0 Å². The molecule has 0 amide bonds. The molecule has 1 aliphatic heterocycles. The Morgan fingerprint density at radius 2 is 1.81 bits per heavy atom. The molecule has 0 bridgehead atoms. The zero-order chi connectivity index (χ0) is 14.8. The fourth-order valence-corrected chi connectivity index (χ4v) is 2.85. The number of nitrogens with zero attached hydrogens (tertiary/aromatic N) is 4. The van der Waals surface area contributed by atoms with Crippen molar-refractivity contribution in [1.82, 2.24) is 19.7 Å². The minimum absolute atomic E-state index is 0.421. The van der Waals surface area contributed by atoms with Crippen molar-refractivity contribution in [3.05, 3.63) is 35.7 Å². The predicted molar refractivity (Wildman–Crippen MR) is 82.0 cm³/mol. The maximum atomic E-state index is 5.42. The lowest BCUT2D eigenvalue weighted by Crippen LogP contribution is -2.37. The number of aryl methyl sites for hydroxylation is 2. The molecule has 5 heteroatoms. The molecule has 1 fully saturated rings. The Kier molecular flexibility index (Phi) is 4.03.